The molecule has 2 heterocycles. The number of aromatic nitrogens is 3. The van der Waals surface area contributed by atoms with E-state index < -0.39 is 0 Å². The van der Waals surface area contributed by atoms with Crippen molar-refractivity contribution >= 4 is 23.2 Å². The largest absolute Gasteiger partial charge is 0.390 e. The second-order valence-corrected chi connectivity index (χ2v) is 4.31. The van der Waals surface area contributed by atoms with Gasteiger partial charge in [-0.2, -0.15) is 0 Å². The van der Waals surface area contributed by atoms with Gasteiger partial charge in [0.25, 0.3) is 0 Å². The van der Waals surface area contributed by atoms with Crippen molar-refractivity contribution < 1.29 is 5.11 Å². The Bertz CT molecular complexity index is 560. The predicted molar refractivity (Wildman–Crippen MR) is 65.9 cm³/mol. The summed E-state index contributed by atoms with van der Waals surface area (Å²) in [6.07, 6.45) is 3.10. The van der Waals surface area contributed by atoms with Crippen LogP contribution in [0.25, 0.3) is 11.5 Å². The van der Waals surface area contributed by atoms with Gasteiger partial charge >= 0.3 is 0 Å². The highest BCUT2D eigenvalue weighted by Gasteiger charge is 2.10. The van der Waals surface area contributed by atoms with Crippen LogP contribution in [0.2, 0.25) is 10.0 Å². The van der Waals surface area contributed by atoms with Crippen molar-refractivity contribution in [1.82, 2.24) is 15.0 Å². The number of hydrogen-bond donors (Lipinski definition) is 1. The third-order valence-corrected chi connectivity index (χ3v) is 2.74. The molecule has 2 aromatic rings. The highest BCUT2D eigenvalue weighted by atomic mass is 35.5. The van der Waals surface area contributed by atoms with Crippen LogP contribution < -0.4 is 0 Å². The molecule has 17 heavy (non-hydrogen) atoms. The third kappa shape index (κ3) is 2.54. The van der Waals surface area contributed by atoms with Crippen molar-refractivity contribution in [3.05, 3.63) is 39.8 Å². The van der Waals surface area contributed by atoms with Crippen LogP contribution in [-0.2, 0) is 6.61 Å². The lowest BCUT2D eigenvalue weighted by Gasteiger charge is -2.05. The Labute approximate surface area is 108 Å². The first-order valence-corrected chi connectivity index (χ1v) is 5.62. The number of rotatable bonds is 2. The molecule has 0 aromatic carbocycles. The van der Waals surface area contributed by atoms with E-state index in [0.717, 1.165) is 5.56 Å². The molecule has 0 aliphatic heterocycles. The molecule has 0 aliphatic rings. The lowest BCUT2D eigenvalue weighted by atomic mass is 10.2. The number of aliphatic hydroxyl groups is 1. The predicted octanol–water partition coefficient (Wildman–Crippen LogP) is 2.65. The zero-order valence-electron chi connectivity index (χ0n) is 8.98. The zero-order chi connectivity index (χ0) is 12.4. The minimum absolute atomic E-state index is 0.146. The van der Waals surface area contributed by atoms with Gasteiger partial charge in [-0.1, -0.05) is 23.2 Å². The Morgan fingerprint density at radius 3 is 2.65 bits per heavy atom. The first-order chi connectivity index (χ1) is 8.11. The molecule has 0 aliphatic carbocycles. The minimum Gasteiger partial charge on any atom is -0.390 e. The van der Waals surface area contributed by atoms with Gasteiger partial charge in [0.15, 0.2) is 5.82 Å². The van der Waals surface area contributed by atoms with Crippen LogP contribution in [0, 0.1) is 6.92 Å². The van der Waals surface area contributed by atoms with Crippen LogP contribution >= 0.6 is 23.2 Å². The van der Waals surface area contributed by atoms with E-state index in [0.29, 0.717) is 27.3 Å². The highest BCUT2D eigenvalue weighted by molar-refractivity contribution is 6.35. The molecule has 0 saturated carbocycles. The minimum atomic E-state index is -0.146. The summed E-state index contributed by atoms with van der Waals surface area (Å²) >= 11 is 11.8. The standard InChI is InChI=1S/C11H9Cl2N3O/c1-6-3-15-11(16-9(6)5-17)10-8(13)2-7(12)4-14-10/h2-4,17H,5H2,1H3. The average Bonchev–Trinajstić information content (AvgIpc) is 2.30. The van der Waals surface area contributed by atoms with Gasteiger partial charge in [-0.3, -0.25) is 0 Å². The second-order valence-electron chi connectivity index (χ2n) is 3.47. The van der Waals surface area contributed by atoms with Gasteiger partial charge in [0, 0.05) is 12.4 Å². The van der Waals surface area contributed by atoms with Crippen LogP contribution in [0.1, 0.15) is 11.3 Å². The molecule has 6 heteroatoms. The fourth-order valence-corrected chi connectivity index (χ4v) is 1.80. The molecule has 2 aromatic heterocycles. The number of hydrogen-bond acceptors (Lipinski definition) is 4. The quantitative estimate of drug-likeness (QED) is 0.911. The lowest BCUT2D eigenvalue weighted by molar-refractivity contribution is 0.276. The van der Waals surface area contributed by atoms with Crippen LogP contribution in [0.5, 0.6) is 0 Å². The first-order valence-electron chi connectivity index (χ1n) is 4.86. The summed E-state index contributed by atoms with van der Waals surface area (Å²) in [5, 5.41) is 9.97. The van der Waals surface area contributed by atoms with Gasteiger partial charge in [0.05, 0.1) is 22.3 Å². The van der Waals surface area contributed by atoms with E-state index in [4.69, 9.17) is 28.3 Å². The van der Waals surface area contributed by atoms with E-state index >= 15 is 0 Å². The highest BCUT2D eigenvalue weighted by Crippen LogP contribution is 2.25. The Morgan fingerprint density at radius 1 is 1.24 bits per heavy atom. The lowest BCUT2D eigenvalue weighted by Crippen LogP contribution is -2.00. The molecule has 0 saturated heterocycles. The third-order valence-electron chi connectivity index (χ3n) is 2.25. The van der Waals surface area contributed by atoms with E-state index in [1.165, 1.54) is 6.20 Å². The van der Waals surface area contributed by atoms with Gasteiger partial charge in [-0.25, -0.2) is 15.0 Å². The van der Waals surface area contributed by atoms with Gasteiger partial charge in [0.1, 0.15) is 5.69 Å². The molecular formula is C11H9Cl2N3O. The summed E-state index contributed by atoms with van der Waals surface area (Å²) in [6, 6.07) is 1.58. The molecular weight excluding hydrogens is 261 g/mol. The number of nitrogens with zero attached hydrogens (tertiary/aromatic N) is 3. The monoisotopic (exact) mass is 269 g/mol. The summed E-state index contributed by atoms with van der Waals surface area (Å²) in [5.41, 5.74) is 1.83. The summed E-state index contributed by atoms with van der Waals surface area (Å²) < 4.78 is 0. The summed E-state index contributed by atoms with van der Waals surface area (Å²) in [7, 11) is 0. The van der Waals surface area contributed by atoms with E-state index in [2.05, 4.69) is 15.0 Å². The number of aryl methyl sites for hydroxylation is 1. The Hall–Kier alpha value is -1.23. The van der Waals surface area contributed by atoms with Crippen LogP contribution in [0.3, 0.4) is 0 Å². The molecule has 0 unspecified atom stereocenters. The molecule has 0 atom stereocenters. The molecule has 88 valence electrons. The number of halogens is 2. The normalized spacial score (nSPS) is 10.6. The molecule has 4 nitrogen and oxygen atoms in total. The van der Waals surface area contributed by atoms with Gasteiger partial charge in [-0.05, 0) is 18.6 Å². The Balaban J connectivity index is 2.53. The van der Waals surface area contributed by atoms with Crippen molar-refractivity contribution in [3.8, 4) is 11.5 Å². The summed E-state index contributed by atoms with van der Waals surface area (Å²) in [6.45, 7) is 1.68. The van der Waals surface area contributed by atoms with Crippen molar-refractivity contribution in [2.45, 2.75) is 13.5 Å². The van der Waals surface area contributed by atoms with E-state index in [1.54, 1.807) is 12.3 Å². The fraction of sp³-hybridized carbons (Fsp3) is 0.182. The van der Waals surface area contributed by atoms with Crippen molar-refractivity contribution in [3.63, 3.8) is 0 Å². The van der Waals surface area contributed by atoms with Crippen LogP contribution in [0.15, 0.2) is 18.5 Å². The SMILES string of the molecule is Cc1cnc(-c2ncc(Cl)cc2Cl)nc1CO. The van der Waals surface area contributed by atoms with Crippen molar-refractivity contribution in [2.24, 2.45) is 0 Å². The summed E-state index contributed by atoms with van der Waals surface area (Å²) in [5.74, 6) is 0.376. The smallest absolute Gasteiger partial charge is 0.180 e. The van der Waals surface area contributed by atoms with Crippen molar-refractivity contribution in [2.75, 3.05) is 0 Å². The number of aliphatic hydroxyl groups excluding tert-OH is 1. The van der Waals surface area contributed by atoms with Gasteiger partial charge in [0.2, 0.25) is 0 Å². The molecule has 2 rings (SSSR count). The molecule has 0 spiro atoms. The molecule has 1 N–H and O–H groups in total. The van der Waals surface area contributed by atoms with Crippen molar-refractivity contribution in [1.29, 1.82) is 0 Å². The van der Waals surface area contributed by atoms with Gasteiger partial charge in [-0.15, -0.1) is 0 Å². The molecule has 0 radical (unpaired) electrons. The second kappa shape index (κ2) is 4.96. The summed E-state index contributed by atoms with van der Waals surface area (Å²) in [4.78, 5) is 12.4. The van der Waals surface area contributed by atoms with Crippen LogP contribution in [0.4, 0.5) is 0 Å². The maximum Gasteiger partial charge on any atom is 0.180 e. The fourth-order valence-electron chi connectivity index (χ4n) is 1.33. The molecule has 0 bridgehead atoms. The maximum atomic E-state index is 9.14. The molecule has 0 amide bonds. The van der Waals surface area contributed by atoms with Gasteiger partial charge < -0.3 is 5.11 Å². The topological polar surface area (TPSA) is 58.9 Å². The number of pyridine rings is 1. The zero-order valence-corrected chi connectivity index (χ0v) is 10.5. The van der Waals surface area contributed by atoms with E-state index in [-0.39, 0.29) is 6.61 Å². The Morgan fingerprint density at radius 2 is 2.00 bits per heavy atom. The first kappa shape index (κ1) is 12.2. The maximum absolute atomic E-state index is 9.14. The average molecular weight is 270 g/mol. The Kier molecular flexibility index (Phi) is 3.57. The molecule has 0 fully saturated rings. The van der Waals surface area contributed by atoms with E-state index in [9.17, 15) is 0 Å². The van der Waals surface area contributed by atoms with E-state index in [1.807, 2.05) is 6.92 Å². The van der Waals surface area contributed by atoms with Crippen LogP contribution in [-0.4, -0.2) is 20.1 Å².